The molecule has 1 amide bonds. The Morgan fingerprint density at radius 3 is 2.55 bits per heavy atom. The highest BCUT2D eigenvalue weighted by Crippen LogP contribution is 2.18. The van der Waals surface area contributed by atoms with Crippen molar-refractivity contribution in [3.05, 3.63) is 28.7 Å². The van der Waals surface area contributed by atoms with Crippen molar-refractivity contribution in [1.82, 2.24) is 5.32 Å². The number of carbonyl (C=O) groups is 1. The highest BCUT2D eigenvalue weighted by Gasteiger charge is 2.20. The van der Waals surface area contributed by atoms with Crippen molar-refractivity contribution in [3.63, 3.8) is 0 Å². The highest BCUT2D eigenvalue weighted by atomic mass is 79.9. The van der Waals surface area contributed by atoms with Gasteiger partial charge in [-0.25, -0.2) is 0 Å². The van der Waals surface area contributed by atoms with Gasteiger partial charge in [0.25, 0.3) is 0 Å². The lowest BCUT2D eigenvalue weighted by Gasteiger charge is -2.26. The number of rotatable bonds is 5. The topological polar surface area (TPSA) is 58.6 Å². The Bertz CT molecular complexity index is 427. The van der Waals surface area contributed by atoms with Crippen molar-refractivity contribution in [3.8, 4) is 5.75 Å². The molecule has 4 nitrogen and oxygen atoms in total. The van der Waals surface area contributed by atoms with Crippen molar-refractivity contribution in [2.75, 3.05) is 6.61 Å². The highest BCUT2D eigenvalue weighted by molar-refractivity contribution is 9.10. The van der Waals surface area contributed by atoms with Crippen molar-refractivity contribution in [2.45, 2.75) is 44.2 Å². The minimum absolute atomic E-state index is 0.0171. The van der Waals surface area contributed by atoms with Gasteiger partial charge in [0.15, 0.2) is 0 Å². The number of ether oxygens (including phenoxy) is 1. The van der Waals surface area contributed by atoms with Crippen LogP contribution in [0.15, 0.2) is 28.7 Å². The van der Waals surface area contributed by atoms with Crippen LogP contribution in [0.3, 0.4) is 0 Å². The molecule has 0 spiro atoms. The molecule has 1 saturated carbocycles. The van der Waals surface area contributed by atoms with Crippen LogP contribution < -0.4 is 10.1 Å². The lowest BCUT2D eigenvalue weighted by Crippen LogP contribution is -2.39. The number of aliphatic hydroxyl groups is 1. The predicted molar refractivity (Wildman–Crippen MR) is 80.7 cm³/mol. The Hall–Kier alpha value is -1.07. The van der Waals surface area contributed by atoms with Crippen LogP contribution >= 0.6 is 15.9 Å². The predicted octanol–water partition coefficient (Wildman–Crippen LogP) is 2.64. The van der Waals surface area contributed by atoms with E-state index in [1.54, 1.807) is 0 Å². The molecule has 1 aliphatic rings. The molecule has 0 bridgehead atoms. The molecule has 0 atom stereocenters. The molecule has 1 aromatic rings. The van der Waals surface area contributed by atoms with Crippen LogP contribution in [0.4, 0.5) is 0 Å². The van der Waals surface area contributed by atoms with Crippen LogP contribution in [-0.4, -0.2) is 29.8 Å². The van der Waals surface area contributed by atoms with Crippen LogP contribution in [0.5, 0.6) is 5.75 Å². The summed E-state index contributed by atoms with van der Waals surface area (Å²) in [5, 5.41) is 12.4. The number of halogens is 1. The number of benzene rings is 1. The average molecular weight is 342 g/mol. The van der Waals surface area contributed by atoms with Crippen molar-refractivity contribution < 1.29 is 14.6 Å². The number of aliphatic hydroxyl groups excluding tert-OH is 1. The summed E-state index contributed by atoms with van der Waals surface area (Å²) in [5.74, 6) is 0.783. The van der Waals surface area contributed by atoms with E-state index >= 15 is 0 Å². The third-order valence-electron chi connectivity index (χ3n) is 3.47. The average Bonchev–Trinajstić information content (AvgIpc) is 2.44. The Balaban J connectivity index is 1.64. The summed E-state index contributed by atoms with van der Waals surface area (Å²) in [6.45, 7) is 0.378. The fourth-order valence-electron chi connectivity index (χ4n) is 2.31. The molecule has 0 aliphatic heterocycles. The van der Waals surface area contributed by atoms with E-state index in [1.165, 1.54) is 0 Å². The van der Waals surface area contributed by atoms with Crippen molar-refractivity contribution >= 4 is 21.8 Å². The van der Waals surface area contributed by atoms with E-state index in [0.717, 1.165) is 35.9 Å². The summed E-state index contributed by atoms with van der Waals surface area (Å²) in [7, 11) is 0. The lowest BCUT2D eigenvalue weighted by atomic mass is 9.93. The number of amides is 1. The summed E-state index contributed by atoms with van der Waals surface area (Å²) in [6, 6.07) is 7.75. The van der Waals surface area contributed by atoms with Gasteiger partial charge in [-0.05, 0) is 49.9 Å². The first kappa shape index (κ1) is 15.3. The maximum Gasteiger partial charge on any atom is 0.223 e. The van der Waals surface area contributed by atoms with E-state index in [-0.39, 0.29) is 18.1 Å². The molecule has 1 aliphatic carbocycles. The molecule has 110 valence electrons. The zero-order chi connectivity index (χ0) is 14.4. The van der Waals surface area contributed by atoms with E-state index in [0.29, 0.717) is 13.0 Å². The maximum absolute atomic E-state index is 11.8. The first-order valence-electron chi connectivity index (χ1n) is 6.99. The second-order valence-electron chi connectivity index (χ2n) is 5.13. The molecule has 5 heteroatoms. The molecular formula is C15H20BrNO3. The SMILES string of the molecule is O=C(CCOc1ccc(Br)cc1)NC1CCC(O)CC1. The molecular weight excluding hydrogens is 322 g/mol. The Kier molecular flexibility index (Phi) is 5.86. The second-order valence-corrected chi connectivity index (χ2v) is 6.04. The number of nitrogens with one attached hydrogen (secondary N) is 1. The quantitative estimate of drug-likeness (QED) is 0.865. The van der Waals surface area contributed by atoms with E-state index in [4.69, 9.17) is 4.74 Å². The van der Waals surface area contributed by atoms with Crippen LogP contribution in [0.1, 0.15) is 32.1 Å². The first-order valence-corrected chi connectivity index (χ1v) is 7.78. The van der Waals surface area contributed by atoms with Gasteiger partial charge < -0.3 is 15.2 Å². The Labute approximate surface area is 127 Å². The van der Waals surface area contributed by atoms with E-state index < -0.39 is 0 Å². The minimum atomic E-state index is -0.191. The lowest BCUT2D eigenvalue weighted by molar-refractivity contribution is -0.122. The summed E-state index contributed by atoms with van der Waals surface area (Å²) in [6.07, 6.45) is 3.44. The van der Waals surface area contributed by atoms with E-state index in [2.05, 4.69) is 21.2 Å². The fourth-order valence-corrected chi connectivity index (χ4v) is 2.58. The van der Waals surface area contributed by atoms with E-state index in [9.17, 15) is 9.90 Å². The smallest absolute Gasteiger partial charge is 0.223 e. The fraction of sp³-hybridized carbons (Fsp3) is 0.533. The summed E-state index contributed by atoms with van der Waals surface area (Å²) in [5.41, 5.74) is 0. The molecule has 2 N–H and O–H groups in total. The zero-order valence-corrected chi connectivity index (χ0v) is 12.9. The number of hydrogen-bond donors (Lipinski definition) is 2. The summed E-state index contributed by atoms with van der Waals surface area (Å²) in [4.78, 5) is 11.8. The molecule has 0 unspecified atom stereocenters. The van der Waals surface area contributed by atoms with Gasteiger partial charge in [0.05, 0.1) is 19.1 Å². The van der Waals surface area contributed by atoms with Crippen LogP contribution in [-0.2, 0) is 4.79 Å². The molecule has 20 heavy (non-hydrogen) atoms. The van der Waals surface area contributed by atoms with Gasteiger partial charge in [0.2, 0.25) is 5.91 Å². The molecule has 1 fully saturated rings. The van der Waals surface area contributed by atoms with Gasteiger partial charge in [0.1, 0.15) is 5.75 Å². The monoisotopic (exact) mass is 341 g/mol. The van der Waals surface area contributed by atoms with Gasteiger partial charge in [-0.2, -0.15) is 0 Å². The normalized spacial score (nSPS) is 22.3. The molecule has 0 aromatic heterocycles. The minimum Gasteiger partial charge on any atom is -0.493 e. The van der Waals surface area contributed by atoms with Gasteiger partial charge in [0, 0.05) is 10.5 Å². The summed E-state index contributed by atoms with van der Waals surface area (Å²) >= 11 is 3.36. The number of carbonyl (C=O) groups excluding carboxylic acids is 1. The molecule has 1 aromatic carbocycles. The van der Waals surface area contributed by atoms with Crippen molar-refractivity contribution in [1.29, 1.82) is 0 Å². The van der Waals surface area contributed by atoms with Gasteiger partial charge in [-0.1, -0.05) is 15.9 Å². The summed E-state index contributed by atoms with van der Waals surface area (Å²) < 4.78 is 6.52. The largest absolute Gasteiger partial charge is 0.493 e. The third kappa shape index (κ3) is 5.13. The standard InChI is InChI=1S/C15H20BrNO3/c16-11-1-7-14(8-2-11)20-10-9-15(19)17-12-3-5-13(18)6-4-12/h1-2,7-8,12-13,18H,3-6,9-10H2,(H,17,19). The Morgan fingerprint density at radius 2 is 1.90 bits per heavy atom. The second kappa shape index (κ2) is 7.64. The molecule has 0 radical (unpaired) electrons. The molecule has 0 heterocycles. The van der Waals surface area contributed by atoms with Gasteiger partial charge >= 0.3 is 0 Å². The van der Waals surface area contributed by atoms with Crippen LogP contribution in [0.2, 0.25) is 0 Å². The molecule has 2 rings (SSSR count). The Morgan fingerprint density at radius 1 is 1.25 bits per heavy atom. The van der Waals surface area contributed by atoms with Crippen molar-refractivity contribution in [2.24, 2.45) is 0 Å². The van der Waals surface area contributed by atoms with Crippen LogP contribution in [0, 0.1) is 0 Å². The van der Waals surface area contributed by atoms with Gasteiger partial charge in [-0.15, -0.1) is 0 Å². The molecule has 0 saturated heterocycles. The zero-order valence-electron chi connectivity index (χ0n) is 11.3. The number of hydrogen-bond acceptors (Lipinski definition) is 3. The van der Waals surface area contributed by atoms with Crippen LogP contribution in [0.25, 0.3) is 0 Å². The van der Waals surface area contributed by atoms with E-state index in [1.807, 2.05) is 24.3 Å². The maximum atomic E-state index is 11.8. The first-order chi connectivity index (χ1) is 9.63. The van der Waals surface area contributed by atoms with Gasteiger partial charge in [-0.3, -0.25) is 4.79 Å². The third-order valence-corrected chi connectivity index (χ3v) is 4.00.